The van der Waals surface area contributed by atoms with Crippen LogP contribution in [0.15, 0.2) is 0 Å². The molecule has 0 amide bonds. The predicted molar refractivity (Wildman–Crippen MR) is 54.2 cm³/mol. The Labute approximate surface area is 84.1 Å². The van der Waals surface area contributed by atoms with Crippen LogP contribution in [0, 0.1) is 13.8 Å². The van der Waals surface area contributed by atoms with Crippen molar-refractivity contribution >= 4 is 0 Å². The van der Waals surface area contributed by atoms with E-state index in [1.807, 2.05) is 6.92 Å². The molecule has 1 saturated heterocycles. The molecule has 78 valence electrons. The molecule has 4 nitrogen and oxygen atoms in total. The highest BCUT2D eigenvalue weighted by molar-refractivity contribution is 5.14. The van der Waals surface area contributed by atoms with E-state index in [-0.39, 0.29) is 0 Å². The lowest BCUT2D eigenvalue weighted by Crippen LogP contribution is -2.16. The zero-order chi connectivity index (χ0) is 10.1. The van der Waals surface area contributed by atoms with Crippen LogP contribution in [0.1, 0.15) is 29.7 Å². The molecule has 4 heteroatoms. The summed E-state index contributed by atoms with van der Waals surface area (Å²) in [4.78, 5) is 7.79. The van der Waals surface area contributed by atoms with Gasteiger partial charge in [-0.25, -0.2) is 4.98 Å². The molecule has 0 aliphatic carbocycles. The molecule has 1 aliphatic heterocycles. The molecular formula is C10H17N3O. The molecule has 1 aromatic rings. The second-order valence-electron chi connectivity index (χ2n) is 3.89. The molecule has 2 unspecified atom stereocenters. The fourth-order valence-corrected chi connectivity index (χ4v) is 1.83. The SMILES string of the molecule is COC1CNC(c2nc(C)c(C)[nH]2)C1. The monoisotopic (exact) mass is 195 g/mol. The molecule has 1 fully saturated rings. The molecule has 0 saturated carbocycles. The molecule has 1 aromatic heterocycles. The van der Waals surface area contributed by atoms with E-state index >= 15 is 0 Å². The molecule has 0 radical (unpaired) electrons. The van der Waals surface area contributed by atoms with Crippen LogP contribution < -0.4 is 5.32 Å². The van der Waals surface area contributed by atoms with Crippen molar-refractivity contribution in [1.29, 1.82) is 0 Å². The van der Waals surface area contributed by atoms with E-state index in [9.17, 15) is 0 Å². The second-order valence-corrected chi connectivity index (χ2v) is 3.89. The van der Waals surface area contributed by atoms with Crippen molar-refractivity contribution in [2.45, 2.75) is 32.4 Å². The Morgan fingerprint density at radius 3 is 2.71 bits per heavy atom. The van der Waals surface area contributed by atoms with Gasteiger partial charge in [-0.1, -0.05) is 0 Å². The average Bonchev–Trinajstić information content (AvgIpc) is 2.74. The van der Waals surface area contributed by atoms with Gasteiger partial charge in [0.05, 0.1) is 17.8 Å². The van der Waals surface area contributed by atoms with E-state index in [2.05, 4.69) is 22.2 Å². The largest absolute Gasteiger partial charge is 0.380 e. The second kappa shape index (κ2) is 3.71. The maximum atomic E-state index is 5.30. The number of aryl methyl sites for hydroxylation is 2. The third-order valence-corrected chi connectivity index (χ3v) is 2.90. The first-order valence-corrected chi connectivity index (χ1v) is 5.00. The highest BCUT2D eigenvalue weighted by Gasteiger charge is 2.27. The van der Waals surface area contributed by atoms with Gasteiger partial charge in [-0.3, -0.25) is 0 Å². The third kappa shape index (κ3) is 1.67. The summed E-state index contributed by atoms with van der Waals surface area (Å²) in [5, 5.41) is 3.40. The predicted octanol–water partition coefficient (Wildman–Crippen LogP) is 1.08. The van der Waals surface area contributed by atoms with Gasteiger partial charge in [0.25, 0.3) is 0 Å². The Morgan fingerprint density at radius 2 is 2.21 bits per heavy atom. The van der Waals surface area contributed by atoms with Crippen molar-refractivity contribution in [3.63, 3.8) is 0 Å². The van der Waals surface area contributed by atoms with Gasteiger partial charge < -0.3 is 15.0 Å². The van der Waals surface area contributed by atoms with E-state index in [1.54, 1.807) is 7.11 Å². The van der Waals surface area contributed by atoms with Gasteiger partial charge in [0, 0.05) is 19.3 Å². The van der Waals surface area contributed by atoms with Crippen LogP contribution in [0.4, 0.5) is 0 Å². The minimum absolute atomic E-state index is 0.325. The zero-order valence-corrected chi connectivity index (χ0v) is 8.92. The van der Waals surface area contributed by atoms with Crippen LogP contribution in [0.3, 0.4) is 0 Å². The zero-order valence-electron chi connectivity index (χ0n) is 8.92. The summed E-state index contributed by atoms with van der Waals surface area (Å²) in [5.41, 5.74) is 2.24. The van der Waals surface area contributed by atoms with Crippen molar-refractivity contribution < 1.29 is 4.74 Å². The van der Waals surface area contributed by atoms with Crippen molar-refractivity contribution in [1.82, 2.24) is 15.3 Å². The Hall–Kier alpha value is -0.870. The van der Waals surface area contributed by atoms with Crippen molar-refractivity contribution in [3.05, 3.63) is 17.2 Å². The molecule has 0 spiro atoms. The smallest absolute Gasteiger partial charge is 0.123 e. The van der Waals surface area contributed by atoms with Crippen LogP contribution in [0.2, 0.25) is 0 Å². The minimum atomic E-state index is 0.325. The number of imidazole rings is 1. The number of hydrogen-bond donors (Lipinski definition) is 2. The molecule has 0 bridgehead atoms. The molecule has 0 aromatic carbocycles. The van der Waals surface area contributed by atoms with E-state index in [0.717, 1.165) is 30.2 Å². The summed E-state index contributed by atoms with van der Waals surface area (Å²) in [6.07, 6.45) is 1.33. The standard InChI is InChI=1S/C10H17N3O/c1-6-7(2)13-10(12-6)9-4-8(14-3)5-11-9/h8-9,11H,4-5H2,1-3H3,(H,12,13). The summed E-state index contributed by atoms with van der Waals surface area (Å²) in [5.74, 6) is 1.04. The van der Waals surface area contributed by atoms with E-state index in [1.165, 1.54) is 0 Å². The quantitative estimate of drug-likeness (QED) is 0.742. The van der Waals surface area contributed by atoms with Crippen molar-refractivity contribution in [2.24, 2.45) is 0 Å². The summed E-state index contributed by atoms with van der Waals surface area (Å²) < 4.78 is 5.30. The molecule has 14 heavy (non-hydrogen) atoms. The number of H-pyrrole nitrogens is 1. The van der Waals surface area contributed by atoms with Crippen molar-refractivity contribution in [3.8, 4) is 0 Å². The highest BCUT2D eigenvalue weighted by atomic mass is 16.5. The van der Waals surface area contributed by atoms with E-state index < -0.39 is 0 Å². The number of ether oxygens (including phenoxy) is 1. The Kier molecular flexibility index (Phi) is 2.56. The van der Waals surface area contributed by atoms with Gasteiger partial charge in [0.15, 0.2) is 0 Å². The number of hydrogen-bond acceptors (Lipinski definition) is 3. The van der Waals surface area contributed by atoms with Gasteiger partial charge in [-0.15, -0.1) is 0 Å². The molecule has 2 atom stereocenters. The normalized spacial score (nSPS) is 27.1. The molecule has 1 aliphatic rings. The van der Waals surface area contributed by atoms with E-state index in [0.29, 0.717) is 12.1 Å². The van der Waals surface area contributed by atoms with Crippen LogP contribution in [-0.2, 0) is 4.74 Å². The topological polar surface area (TPSA) is 49.9 Å². The summed E-state index contributed by atoms with van der Waals surface area (Å²) >= 11 is 0. The Bertz CT molecular complexity index is 302. The number of methoxy groups -OCH3 is 1. The first-order valence-electron chi connectivity index (χ1n) is 5.00. The first-order chi connectivity index (χ1) is 6.70. The summed E-state index contributed by atoms with van der Waals surface area (Å²) in [6, 6.07) is 0.326. The van der Waals surface area contributed by atoms with Crippen LogP contribution in [-0.4, -0.2) is 29.7 Å². The number of aromatic amines is 1. The number of rotatable bonds is 2. The van der Waals surface area contributed by atoms with Crippen LogP contribution in [0.5, 0.6) is 0 Å². The molecule has 2 N–H and O–H groups in total. The number of nitrogens with zero attached hydrogens (tertiary/aromatic N) is 1. The fourth-order valence-electron chi connectivity index (χ4n) is 1.83. The Balaban J connectivity index is 2.09. The summed E-state index contributed by atoms with van der Waals surface area (Å²) in [7, 11) is 1.76. The number of nitrogens with one attached hydrogen (secondary N) is 2. The van der Waals surface area contributed by atoms with Gasteiger partial charge in [-0.05, 0) is 20.3 Å². The van der Waals surface area contributed by atoms with Gasteiger partial charge in [0.1, 0.15) is 5.82 Å². The maximum absolute atomic E-state index is 5.30. The maximum Gasteiger partial charge on any atom is 0.123 e. The third-order valence-electron chi connectivity index (χ3n) is 2.90. The van der Waals surface area contributed by atoms with Crippen LogP contribution in [0.25, 0.3) is 0 Å². The lowest BCUT2D eigenvalue weighted by molar-refractivity contribution is 0.117. The lowest BCUT2D eigenvalue weighted by atomic mass is 10.2. The van der Waals surface area contributed by atoms with E-state index in [4.69, 9.17) is 4.74 Å². The van der Waals surface area contributed by atoms with Crippen LogP contribution >= 0.6 is 0 Å². The summed E-state index contributed by atoms with van der Waals surface area (Å²) in [6.45, 7) is 4.99. The minimum Gasteiger partial charge on any atom is -0.380 e. The van der Waals surface area contributed by atoms with Crippen molar-refractivity contribution in [2.75, 3.05) is 13.7 Å². The van der Waals surface area contributed by atoms with Gasteiger partial charge in [-0.2, -0.15) is 0 Å². The lowest BCUT2D eigenvalue weighted by Gasteiger charge is -2.06. The highest BCUT2D eigenvalue weighted by Crippen LogP contribution is 2.23. The molecule has 2 heterocycles. The molecule has 2 rings (SSSR count). The fraction of sp³-hybridized carbons (Fsp3) is 0.700. The van der Waals surface area contributed by atoms with Gasteiger partial charge >= 0.3 is 0 Å². The molecular weight excluding hydrogens is 178 g/mol. The average molecular weight is 195 g/mol. The Morgan fingerprint density at radius 1 is 1.43 bits per heavy atom. The number of aromatic nitrogens is 2. The van der Waals surface area contributed by atoms with Gasteiger partial charge in [0.2, 0.25) is 0 Å². The first kappa shape index (κ1) is 9.68.